The molecule has 2 aliphatic carbocycles. The van der Waals surface area contributed by atoms with E-state index in [0.29, 0.717) is 12.1 Å². The largest absolute Gasteiger partial charge is 0.328 e. The molecule has 0 aromatic heterocycles. The molecule has 3 heteroatoms. The van der Waals surface area contributed by atoms with Crippen LogP contribution in [0, 0.1) is 0 Å². The first-order valence-electron chi connectivity index (χ1n) is 7.41. The Labute approximate surface area is 124 Å². The molecule has 0 heterocycles. The van der Waals surface area contributed by atoms with Crippen molar-refractivity contribution in [2.24, 2.45) is 5.73 Å². The van der Waals surface area contributed by atoms with Crippen LogP contribution in [0.2, 0.25) is 0 Å². The lowest BCUT2D eigenvalue weighted by molar-refractivity contribution is 0.131. The van der Waals surface area contributed by atoms with Crippen molar-refractivity contribution in [3.63, 3.8) is 0 Å². The summed E-state index contributed by atoms with van der Waals surface area (Å²) in [5.74, 6) is 0. The summed E-state index contributed by atoms with van der Waals surface area (Å²) in [4.78, 5) is 2.62. The van der Waals surface area contributed by atoms with Crippen molar-refractivity contribution in [1.82, 2.24) is 4.90 Å². The molecule has 0 aliphatic heterocycles. The molecule has 2 aliphatic rings. The summed E-state index contributed by atoms with van der Waals surface area (Å²) in [5, 5.41) is 0. The topological polar surface area (TPSA) is 29.3 Å². The molecule has 1 fully saturated rings. The van der Waals surface area contributed by atoms with Gasteiger partial charge >= 0.3 is 0 Å². The molecular formula is C16H23BrN2. The van der Waals surface area contributed by atoms with Crippen molar-refractivity contribution >= 4 is 15.9 Å². The molecule has 0 bridgehead atoms. The molecule has 1 atom stereocenters. The maximum atomic E-state index is 6.02. The number of rotatable bonds is 2. The molecule has 3 rings (SSSR count). The van der Waals surface area contributed by atoms with Gasteiger partial charge in [-0.2, -0.15) is 0 Å². The van der Waals surface area contributed by atoms with E-state index in [0.717, 1.165) is 6.04 Å². The minimum Gasteiger partial charge on any atom is -0.328 e. The van der Waals surface area contributed by atoms with E-state index in [9.17, 15) is 0 Å². The van der Waals surface area contributed by atoms with E-state index in [1.54, 1.807) is 0 Å². The van der Waals surface area contributed by atoms with Crippen molar-refractivity contribution in [3.8, 4) is 0 Å². The molecule has 0 spiro atoms. The molecule has 1 aromatic rings. The van der Waals surface area contributed by atoms with Gasteiger partial charge in [0, 0.05) is 22.6 Å². The van der Waals surface area contributed by atoms with Crippen LogP contribution in [0.15, 0.2) is 22.7 Å². The van der Waals surface area contributed by atoms with Gasteiger partial charge in [-0.1, -0.05) is 28.1 Å². The first-order valence-corrected chi connectivity index (χ1v) is 8.21. The van der Waals surface area contributed by atoms with Gasteiger partial charge < -0.3 is 5.73 Å². The quantitative estimate of drug-likeness (QED) is 0.900. The zero-order valence-electron chi connectivity index (χ0n) is 11.6. The van der Waals surface area contributed by atoms with Gasteiger partial charge in [-0.05, 0) is 62.8 Å². The highest BCUT2D eigenvalue weighted by Crippen LogP contribution is 2.40. The Morgan fingerprint density at radius 1 is 1.16 bits per heavy atom. The molecule has 1 unspecified atom stereocenters. The summed E-state index contributed by atoms with van der Waals surface area (Å²) in [6.45, 7) is 0. The van der Waals surface area contributed by atoms with Crippen molar-refractivity contribution < 1.29 is 0 Å². The van der Waals surface area contributed by atoms with Crippen LogP contribution in [0.5, 0.6) is 0 Å². The van der Waals surface area contributed by atoms with Crippen molar-refractivity contribution in [3.05, 3.63) is 33.8 Å². The van der Waals surface area contributed by atoms with Crippen LogP contribution in [-0.4, -0.2) is 24.0 Å². The highest BCUT2D eigenvalue weighted by molar-refractivity contribution is 9.10. The second-order valence-corrected chi connectivity index (χ2v) is 6.95. The molecule has 2 N–H and O–H groups in total. The van der Waals surface area contributed by atoms with Gasteiger partial charge in [-0.3, -0.25) is 4.90 Å². The van der Waals surface area contributed by atoms with Crippen LogP contribution in [0.1, 0.15) is 49.3 Å². The Kier molecular flexibility index (Phi) is 3.97. The minimum absolute atomic E-state index is 0.439. The molecule has 104 valence electrons. The molecule has 2 nitrogen and oxygen atoms in total. The number of halogens is 1. The smallest absolute Gasteiger partial charge is 0.0354 e. The fourth-order valence-corrected chi connectivity index (χ4v) is 4.35. The zero-order valence-corrected chi connectivity index (χ0v) is 13.2. The summed E-state index contributed by atoms with van der Waals surface area (Å²) >= 11 is 3.69. The molecule has 1 saturated carbocycles. The molecule has 0 radical (unpaired) electrons. The second kappa shape index (κ2) is 5.55. The lowest BCUT2D eigenvalue weighted by Gasteiger charge is -2.37. The van der Waals surface area contributed by atoms with Crippen molar-refractivity contribution in [2.75, 3.05) is 7.05 Å². The first kappa shape index (κ1) is 13.6. The average Bonchev–Trinajstić information content (AvgIpc) is 2.84. The van der Waals surface area contributed by atoms with E-state index in [-0.39, 0.29) is 0 Å². The Balaban J connectivity index is 1.76. The normalized spacial score (nSPS) is 30.6. The fourth-order valence-electron chi connectivity index (χ4n) is 3.77. The lowest BCUT2D eigenvalue weighted by Crippen LogP contribution is -2.40. The van der Waals surface area contributed by atoms with Gasteiger partial charge in [0.2, 0.25) is 0 Å². The maximum absolute atomic E-state index is 6.02. The maximum Gasteiger partial charge on any atom is 0.0354 e. The minimum atomic E-state index is 0.439. The summed E-state index contributed by atoms with van der Waals surface area (Å²) in [6.07, 6.45) is 7.37. The Morgan fingerprint density at radius 2 is 1.89 bits per heavy atom. The van der Waals surface area contributed by atoms with Crippen molar-refractivity contribution in [2.45, 2.75) is 56.7 Å². The van der Waals surface area contributed by atoms with Gasteiger partial charge in [0.1, 0.15) is 0 Å². The van der Waals surface area contributed by atoms with E-state index < -0.39 is 0 Å². The zero-order chi connectivity index (χ0) is 13.4. The predicted octanol–water partition coefficient (Wildman–Crippen LogP) is 3.64. The molecule has 1 aromatic carbocycles. The van der Waals surface area contributed by atoms with Gasteiger partial charge in [-0.25, -0.2) is 0 Å². The third-order valence-corrected chi connectivity index (χ3v) is 5.73. The Hall–Kier alpha value is -0.380. The average molecular weight is 323 g/mol. The van der Waals surface area contributed by atoms with E-state index in [1.807, 2.05) is 0 Å². The fraction of sp³-hybridized carbons (Fsp3) is 0.625. The SMILES string of the molecule is CN(C1CCC(N)CC1)C1CCc2c(Br)cccc21. The van der Waals surface area contributed by atoms with E-state index in [4.69, 9.17) is 5.73 Å². The highest BCUT2D eigenvalue weighted by Gasteiger charge is 2.32. The van der Waals surface area contributed by atoms with Crippen LogP contribution in [-0.2, 0) is 6.42 Å². The third kappa shape index (κ3) is 2.61. The highest BCUT2D eigenvalue weighted by atomic mass is 79.9. The van der Waals surface area contributed by atoms with E-state index in [1.165, 1.54) is 54.1 Å². The van der Waals surface area contributed by atoms with Crippen molar-refractivity contribution in [1.29, 1.82) is 0 Å². The number of nitrogens with two attached hydrogens (primary N) is 1. The number of nitrogens with zero attached hydrogens (tertiary/aromatic N) is 1. The second-order valence-electron chi connectivity index (χ2n) is 6.10. The molecular weight excluding hydrogens is 300 g/mol. The third-order valence-electron chi connectivity index (χ3n) is 4.99. The monoisotopic (exact) mass is 322 g/mol. The van der Waals surface area contributed by atoms with Crippen LogP contribution < -0.4 is 5.73 Å². The summed E-state index contributed by atoms with van der Waals surface area (Å²) in [6, 6.07) is 8.41. The number of hydrogen-bond donors (Lipinski definition) is 1. The van der Waals surface area contributed by atoms with E-state index in [2.05, 4.69) is 46.1 Å². The van der Waals surface area contributed by atoms with Crippen LogP contribution in [0.25, 0.3) is 0 Å². The molecule has 19 heavy (non-hydrogen) atoms. The number of benzene rings is 1. The number of hydrogen-bond acceptors (Lipinski definition) is 2. The summed E-state index contributed by atoms with van der Waals surface area (Å²) in [7, 11) is 2.31. The Morgan fingerprint density at radius 3 is 2.63 bits per heavy atom. The molecule has 0 amide bonds. The predicted molar refractivity (Wildman–Crippen MR) is 83.2 cm³/mol. The molecule has 0 saturated heterocycles. The van der Waals surface area contributed by atoms with E-state index >= 15 is 0 Å². The summed E-state index contributed by atoms with van der Waals surface area (Å²) < 4.78 is 1.28. The summed E-state index contributed by atoms with van der Waals surface area (Å²) in [5.41, 5.74) is 9.08. The first-order chi connectivity index (χ1) is 9.16. The van der Waals surface area contributed by atoms with Crippen LogP contribution in [0.4, 0.5) is 0 Å². The van der Waals surface area contributed by atoms with Gasteiger partial charge in [0.25, 0.3) is 0 Å². The van der Waals surface area contributed by atoms with Crippen LogP contribution in [0.3, 0.4) is 0 Å². The Bertz CT molecular complexity index is 452. The standard InChI is InChI=1S/C16H23BrN2/c1-19(12-7-5-11(18)6-8-12)16-10-9-13-14(16)3-2-4-15(13)17/h2-4,11-12,16H,5-10,18H2,1H3. The van der Waals surface area contributed by atoms with Crippen LogP contribution >= 0.6 is 15.9 Å². The lowest BCUT2D eigenvalue weighted by atomic mass is 9.89. The van der Waals surface area contributed by atoms with Gasteiger partial charge in [-0.15, -0.1) is 0 Å². The van der Waals surface area contributed by atoms with Gasteiger partial charge in [0.15, 0.2) is 0 Å². The number of fused-ring (bicyclic) bond motifs is 1. The van der Waals surface area contributed by atoms with Gasteiger partial charge in [0.05, 0.1) is 0 Å².